The van der Waals surface area contributed by atoms with Gasteiger partial charge in [0.25, 0.3) is 0 Å². The average Bonchev–Trinajstić information content (AvgIpc) is 2.97. The maximum absolute atomic E-state index is 11.8. The number of hydrogen-bond acceptors (Lipinski definition) is 7. The van der Waals surface area contributed by atoms with Gasteiger partial charge in [0.15, 0.2) is 15.5 Å². The number of nitro benzene ring substituents is 1. The molecule has 2 heterocycles. The highest BCUT2D eigenvalue weighted by Crippen LogP contribution is 2.31. The van der Waals surface area contributed by atoms with Crippen LogP contribution in [0.3, 0.4) is 0 Å². The van der Waals surface area contributed by atoms with Gasteiger partial charge in [-0.2, -0.15) is 0 Å². The Bertz CT molecular complexity index is 1050. The Labute approximate surface area is 143 Å². The third-order valence-corrected chi connectivity index (χ3v) is 4.76. The van der Waals surface area contributed by atoms with Crippen LogP contribution in [0.15, 0.2) is 47.5 Å². The van der Waals surface area contributed by atoms with E-state index in [2.05, 4.69) is 15.5 Å². The summed E-state index contributed by atoms with van der Waals surface area (Å²) in [5.74, 6) is 0.699. The lowest BCUT2D eigenvalue weighted by atomic mass is 10.2. The van der Waals surface area contributed by atoms with E-state index in [4.69, 9.17) is 0 Å². The zero-order chi connectivity index (χ0) is 18.0. The predicted molar refractivity (Wildman–Crippen MR) is 91.4 cm³/mol. The highest BCUT2D eigenvalue weighted by molar-refractivity contribution is 7.90. The first-order valence-corrected chi connectivity index (χ1v) is 9.27. The van der Waals surface area contributed by atoms with Gasteiger partial charge in [0, 0.05) is 25.4 Å². The summed E-state index contributed by atoms with van der Waals surface area (Å²) in [6.45, 7) is 0.337. The van der Waals surface area contributed by atoms with Crippen LogP contribution in [0.5, 0.6) is 0 Å². The van der Waals surface area contributed by atoms with E-state index in [-0.39, 0.29) is 10.6 Å². The van der Waals surface area contributed by atoms with E-state index in [1.165, 1.54) is 18.2 Å². The van der Waals surface area contributed by atoms with Gasteiger partial charge < -0.3 is 5.32 Å². The van der Waals surface area contributed by atoms with Crippen LogP contribution in [0.2, 0.25) is 0 Å². The lowest BCUT2D eigenvalue weighted by Gasteiger charge is -2.09. The molecule has 0 aliphatic rings. The van der Waals surface area contributed by atoms with E-state index in [1.807, 2.05) is 28.8 Å². The Balaban J connectivity index is 1.83. The molecule has 0 radical (unpaired) electrons. The Morgan fingerprint density at radius 1 is 1.20 bits per heavy atom. The molecule has 0 saturated carbocycles. The molecule has 0 unspecified atom stereocenters. The SMILES string of the molecule is CS(=O)(=O)c1cccc(NCCc2nnc3ccccn23)c1[N+](=O)[O-]. The summed E-state index contributed by atoms with van der Waals surface area (Å²) < 4.78 is 25.3. The summed E-state index contributed by atoms with van der Waals surface area (Å²) in [6.07, 6.45) is 3.24. The van der Waals surface area contributed by atoms with Crippen LogP contribution in [0, 0.1) is 10.1 Å². The number of rotatable bonds is 6. The zero-order valence-electron chi connectivity index (χ0n) is 13.3. The van der Waals surface area contributed by atoms with Crippen molar-refractivity contribution in [3.8, 4) is 0 Å². The van der Waals surface area contributed by atoms with E-state index < -0.39 is 20.4 Å². The molecule has 0 atom stereocenters. The minimum atomic E-state index is -3.71. The van der Waals surface area contributed by atoms with E-state index in [0.717, 1.165) is 6.26 Å². The average molecular weight is 361 g/mol. The first-order chi connectivity index (χ1) is 11.9. The minimum absolute atomic E-state index is 0.154. The molecule has 0 amide bonds. The molecule has 9 nitrogen and oxygen atoms in total. The van der Waals surface area contributed by atoms with Crippen molar-refractivity contribution in [2.24, 2.45) is 0 Å². The molecule has 130 valence electrons. The molecule has 1 N–H and O–H groups in total. The van der Waals surface area contributed by atoms with Gasteiger partial charge >= 0.3 is 5.69 Å². The Hall–Kier alpha value is -3.01. The number of pyridine rings is 1. The van der Waals surface area contributed by atoms with Crippen molar-refractivity contribution in [2.75, 3.05) is 18.1 Å². The van der Waals surface area contributed by atoms with Crippen LogP contribution < -0.4 is 5.32 Å². The molecule has 2 aromatic heterocycles. The van der Waals surface area contributed by atoms with Crippen LogP contribution in [-0.4, -0.2) is 40.7 Å². The number of nitrogens with one attached hydrogen (secondary N) is 1. The second-order valence-corrected chi connectivity index (χ2v) is 7.39. The Morgan fingerprint density at radius 3 is 2.72 bits per heavy atom. The van der Waals surface area contributed by atoms with Gasteiger partial charge in [-0.3, -0.25) is 14.5 Å². The van der Waals surface area contributed by atoms with Crippen molar-refractivity contribution < 1.29 is 13.3 Å². The van der Waals surface area contributed by atoms with Crippen molar-refractivity contribution in [3.05, 3.63) is 58.5 Å². The van der Waals surface area contributed by atoms with Gasteiger partial charge in [-0.15, -0.1) is 10.2 Å². The molecule has 25 heavy (non-hydrogen) atoms. The largest absolute Gasteiger partial charge is 0.379 e. The second kappa shape index (κ2) is 6.48. The fourth-order valence-electron chi connectivity index (χ4n) is 2.52. The third-order valence-electron chi connectivity index (χ3n) is 3.63. The lowest BCUT2D eigenvalue weighted by Crippen LogP contribution is -2.11. The fourth-order valence-corrected chi connectivity index (χ4v) is 3.38. The number of hydrogen-bond donors (Lipinski definition) is 1. The van der Waals surface area contributed by atoms with Gasteiger partial charge in [-0.05, 0) is 24.3 Å². The molecule has 3 aromatic rings. The van der Waals surface area contributed by atoms with Crippen molar-refractivity contribution >= 4 is 26.9 Å². The van der Waals surface area contributed by atoms with Gasteiger partial charge in [0.1, 0.15) is 16.4 Å². The molecular weight excluding hydrogens is 346 g/mol. The molecule has 0 fully saturated rings. The number of nitrogens with zero attached hydrogens (tertiary/aromatic N) is 4. The monoisotopic (exact) mass is 361 g/mol. The summed E-state index contributed by atoms with van der Waals surface area (Å²) >= 11 is 0. The molecule has 10 heteroatoms. The van der Waals surface area contributed by atoms with Crippen LogP contribution in [0.4, 0.5) is 11.4 Å². The molecule has 0 bridgehead atoms. The van der Waals surface area contributed by atoms with Gasteiger partial charge in [0.2, 0.25) is 0 Å². The van der Waals surface area contributed by atoms with Gasteiger partial charge in [-0.25, -0.2) is 8.42 Å². The van der Waals surface area contributed by atoms with E-state index in [1.54, 1.807) is 0 Å². The minimum Gasteiger partial charge on any atom is -0.379 e. The topological polar surface area (TPSA) is 120 Å². The normalized spacial score (nSPS) is 11.6. The summed E-state index contributed by atoms with van der Waals surface area (Å²) in [5, 5.41) is 22.4. The Kier molecular flexibility index (Phi) is 4.36. The van der Waals surface area contributed by atoms with E-state index >= 15 is 0 Å². The summed E-state index contributed by atoms with van der Waals surface area (Å²) in [5.41, 5.74) is 0.417. The van der Waals surface area contributed by atoms with Crippen LogP contribution in [0.25, 0.3) is 5.65 Å². The number of nitro groups is 1. The highest BCUT2D eigenvalue weighted by Gasteiger charge is 2.25. The van der Waals surface area contributed by atoms with Gasteiger partial charge in [-0.1, -0.05) is 12.1 Å². The molecule has 1 aromatic carbocycles. The highest BCUT2D eigenvalue weighted by atomic mass is 32.2. The smallest absolute Gasteiger partial charge is 0.310 e. The maximum atomic E-state index is 11.8. The van der Waals surface area contributed by atoms with Crippen molar-refractivity contribution in [3.63, 3.8) is 0 Å². The van der Waals surface area contributed by atoms with Crippen LogP contribution >= 0.6 is 0 Å². The second-order valence-electron chi connectivity index (χ2n) is 5.40. The number of sulfone groups is 1. The molecule has 0 aliphatic carbocycles. The first-order valence-electron chi connectivity index (χ1n) is 7.38. The molecule has 0 aliphatic heterocycles. The number of para-hydroxylation sites is 1. The van der Waals surface area contributed by atoms with Crippen molar-refractivity contribution in [1.29, 1.82) is 0 Å². The van der Waals surface area contributed by atoms with E-state index in [0.29, 0.717) is 24.4 Å². The summed E-state index contributed by atoms with van der Waals surface area (Å²) in [4.78, 5) is 10.3. The van der Waals surface area contributed by atoms with Crippen molar-refractivity contribution in [2.45, 2.75) is 11.3 Å². The zero-order valence-corrected chi connectivity index (χ0v) is 14.1. The van der Waals surface area contributed by atoms with Gasteiger partial charge in [0.05, 0.1) is 4.92 Å². The number of aromatic nitrogens is 3. The van der Waals surface area contributed by atoms with E-state index in [9.17, 15) is 18.5 Å². The fraction of sp³-hybridized carbons (Fsp3) is 0.200. The lowest BCUT2D eigenvalue weighted by molar-refractivity contribution is -0.386. The Morgan fingerprint density at radius 2 is 2.00 bits per heavy atom. The summed E-state index contributed by atoms with van der Waals surface area (Å²) in [6, 6.07) is 9.71. The molecule has 3 rings (SSSR count). The number of benzene rings is 1. The quantitative estimate of drug-likeness (QED) is 0.524. The van der Waals surface area contributed by atoms with Crippen LogP contribution in [0.1, 0.15) is 5.82 Å². The standard InChI is InChI=1S/C15H15N5O4S/c1-25(23,24)12-6-4-5-11(15(12)20(21)22)16-9-8-14-18-17-13-7-2-3-10-19(13)14/h2-7,10,16H,8-9H2,1H3. The number of fused-ring (bicyclic) bond motifs is 1. The summed E-state index contributed by atoms with van der Waals surface area (Å²) in [7, 11) is -3.71. The molecule has 0 saturated heterocycles. The number of anilines is 1. The maximum Gasteiger partial charge on any atom is 0.310 e. The predicted octanol–water partition coefficient (Wildman–Crippen LogP) is 1.70. The molecular formula is C15H15N5O4S. The molecule has 0 spiro atoms. The first kappa shape index (κ1) is 16.8. The van der Waals surface area contributed by atoms with Crippen molar-refractivity contribution in [1.82, 2.24) is 14.6 Å². The van der Waals surface area contributed by atoms with Crippen LogP contribution in [-0.2, 0) is 16.3 Å². The third kappa shape index (κ3) is 3.43.